The average Bonchev–Trinajstić information content (AvgIpc) is 2.29. The van der Waals surface area contributed by atoms with Gasteiger partial charge in [-0.05, 0) is 31.8 Å². The molecule has 82 valence electrons. The van der Waals surface area contributed by atoms with Crippen LogP contribution in [0, 0.1) is 11.7 Å². The molecule has 0 spiro atoms. The maximum absolute atomic E-state index is 13.1. The Kier molecular flexibility index (Phi) is 3.50. The zero-order valence-electron chi connectivity index (χ0n) is 8.58. The first kappa shape index (κ1) is 10.4. The molecule has 3 nitrogen and oxygen atoms in total. The van der Waals surface area contributed by atoms with Crippen LogP contribution in [0.15, 0.2) is 18.5 Å². The van der Waals surface area contributed by atoms with Gasteiger partial charge < -0.3 is 10.1 Å². The van der Waals surface area contributed by atoms with Crippen LogP contribution in [0.4, 0.5) is 4.39 Å². The van der Waals surface area contributed by atoms with E-state index in [4.69, 9.17) is 4.74 Å². The molecule has 0 saturated carbocycles. The molecule has 0 aromatic carbocycles. The van der Waals surface area contributed by atoms with Gasteiger partial charge in [0.05, 0.1) is 12.8 Å². The van der Waals surface area contributed by atoms with Gasteiger partial charge in [-0.25, -0.2) is 4.39 Å². The number of hydrogen-bond donors (Lipinski definition) is 1. The van der Waals surface area contributed by atoms with Crippen molar-refractivity contribution in [1.82, 2.24) is 10.3 Å². The molecule has 0 amide bonds. The number of aromatic nitrogens is 1. The minimum atomic E-state index is -0.383. The summed E-state index contributed by atoms with van der Waals surface area (Å²) in [5.74, 6) is 0.466. The summed E-state index contributed by atoms with van der Waals surface area (Å²) < 4.78 is 18.6. The molecule has 0 atom stereocenters. The predicted octanol–water partition coefficient (Wildman–Crippen LogP) is 1.60. The van der Waals surface area contributed by atoms with E-state index in [0.29, 0.717) is 18.3 Å². The standard InChI is InChI=1S/C11H15FN2O/c12-10-7-14-6-3-11(10)15-8-9-1-4-13-5-2-9/h3,6-7,9,13H,1-2,4-5,8H2. The van der Waals surface area contributed by atoms with Crippen molar-refractivity contribution in [1.29, 1.82) is 0 Å². The fourth-order valence-electron chi connectivity index (χ4n) is 1.74. The van der Waals surface area contributed by atoms with Gasteiger partial charge in [-0.3, -0.25) is 4.98 Å². The summed E-state index contributed by atoms with van der Waals surface area (Å²) in [5.41, 5.74) is 0. The molecule has 4 heteroatoms. The first-order valence-corrected chi connectivity index (χ1v) is 5.29. The van der Waals surface area contributed by atoms with Gasteiger partial charge in [0.1, 0.15) is 0 Å². The summed E-state index contributed by atoms with van der Waals surface area (Å²) in [6.07, 6.45) is 4.93. The molecule has 1 aromatic heterocycles. The fraction of sp³-hybridized carbons (Fsp3) is 0.545. The van der Waals surface area contributed by atoms with Crippen LogP contribution in [0.5, 0.6) is 5.75 Å². The molecular weight excluding hydrogens is 195 g/mol. The number of nitrogens with one attached hydrogen (secondary N) is 1. The zero-order chi connectivity index (χ0) is 10.5. The fourth-order valence-corrected chi connectivity index (χ4v) is 1.74. The normalized spacial score (nSPS) is 17.7. The van der Waals surface area contributed by atoms with Gasteiger partial charge in [-0.2, -0.15) is 0 Å². The number of piperidine rings is 1. The molecule has 1 aromatic rings. The molecule has 0 unspecified atom stereocenters. The summed E-state index contributed by atoms with van der Waals surface area (Å²) in [7, 11) is 0. The van der Waals surface area contributed by atoms with Gasteiger partial charge in [0, 0.05) is 12.3 Å². The molecule has 1 fully saturated rings. The van der Waals surface area contributed by atoms with Gasteiger partial charge in [0.2, 0.25) is 0 Å². The third kappa shape index (κ3) is 2.89. The van der Waals surface area contributed by atoms with E-state index in [1.807, 2.05) is 0 Å². The van der Waals surface area contributed by atoms with Crippen molar-refractivity contribution in [3.8, 4) is 5.75 Å². The maximum Gasteiger partial charge on any atom is 0.183 e. The lowest BCUT2D eigenvalue weighted by molar-refractivity contribution is 0.208. The van der Waals surface area contributed by atoms with Crippen LogP contribution >= 0.6 is 0 Å². The highest BCUT2D eigenvalue weighted by atomic mass is 19.1. The van der Waals surface area contributed by atoms with Crippen LogP contribution in [0.2, 0.25) is 0 Å². The van der Waals surface area contributed by atoms with Crippen molar-refractivity contribution in [3.05, 3.63) is 24.3 Å². The highest BCUT2D eigenvalue weighted by Crippen LogP contribution is 2.18. The quantitative estimate of drug-likeness (QED) is 0.822. The SMILES string of the molecule is Fc1cnccc1OCC1CCNCC1. The van der Waals surface area contributed by atoms with Gasteiger partial charge in [-0.1, -0.05) is 0 Å². The number of pyridine rings is 1. The van der Waals surface area contributed by atoms with E-state index in [1.54, 1.807) is 12.3 Å². The van der Waals surface area contributed by atoms with Gasteiger partial charge in [-0.15, -0.1) is 0 Å². The Morgan fingerprint density at radius 1 is 1.47 bits per heavy atom. The number of hydrogen-bond acceptors (Lipinski definition) is 3. The van der Waals surface area contributed by atoms with Crippen LogP contribution in [-0.2, 0) is 0 Å². The average molecular weight is 210 g/mol. The second kappa shape index (κ2) is 5.07. The monoisotopic (exact) mass is 210 g/mol. The van der Waals surface area contributed by atoms with E-state index in [2.05, 4.69) is 10.3 Å². The molecule has 1 aliphatic heterocycles. The summed E-state index contributed by atoms with van der Waals surface area (Å²) in [6, 6.07) is 1.57. The van der Waals surface area contributed by atoms with E-state index in [-0.39, 0.29) is 5.82 Å². The van der Waals surface area contributed by atoms with Crippen molar-refractivity contribution in [3.63, 3.8) is 0 Å². The lowest BCUT2D eigenvalue weighted by Crippen LogP contribution is -2.30. The van der Waals surface area contributed by atoms with Crippen molar-refractivity contribution in [2.24, 2.45) is 5.92 Å². The largest absolute Gasteiger partial charge is 0.490 e. The van der Waals surface area contributed by atoms with Gasteiger partial charge in [0.25, 0.3) is 0 Å². The zero-order valence-corrected chi connectivity index (χ0v) is 8.58. The smallest absolute Gasteiger partial charge is 0.183 e. The molecule has 2 rings (SSSR count). The Morgan fingerprint density at radius 2 is 2.27 bits per heavy atom. The number of halogens is 1. The highest BCUT2D eigenvalue weighted by molar-refractivity contribution is 5.19. The van der Waals surface area contributed by atoms with Crippen LogP contribution in [-0.4, -0.2) is 24.7 Å². The minimum absolute atomic E-state index is 0.309. The lowest BCUT2D eigenvalue weighted by atomic mass is 9.99. The molecule has 1 saturated heterocycles. The molecular formula is C11H15FN2O. The lowest BCUT2D eigenvalue weighted by Gasteiger charge is -2.22. The highest BCUT2D eigenvalue weighted by Gasteiger charge is 2.14. The predicted molar refractivity (Wildman–Crippen MR) is 55.3 cm³/mol. The Morgan fingerprint density at radius 3 is 3.00 bits per heavy atom. The van der Waals surface area contributed by atoms with E-state index in [0.717, 1.165) is 25.9 Å². The second-order valence-corrected chi connectivity index (χ2v) is 3.81. The molecule has 1 N–H and O–H groups in total. The first-order chi connectivity index (χ1) is 7.36. The Bertz CT molecular complexity index is 313. The number of nitrogens with zero attached hydrogens (tertiary/aromatic N) is 1. The van der Waals surface area contributed by atoms with E-state index in [9.17, 15) is 4.39 Å². The van der Waals surface area contributed by atoms with Gasteiger partial charge in [0.15, 0.2) is 11.6 Å². The molecule has 15 heavy (non-hydrogen) atoms. The van der Waals surface area contributed by atoms with Gasteiger partial charge >= 0.3 is 0 Å². The summed E-state index contributed by atoms with van der Waals surface area (Å²) in [6.45, 7) is 2.67. The van der Waals surface area contributed by atoms with Crippen LogP contribution < -0.4 is 10.1 Å². The minimum Gasteiger partial charge on any atom is -0.490 e. The topological polar surface area (TPSA) is 34.1 Å². The Labute approximate surface area is 88.7 Å². The van der Waals surface area contributed by atoms with Crippen LogP contribution in [0.1, 0.15) is 12.8 Å². The van der Waals surface area contributed by atoms with Crippen LogP contribution in [0.3, 0.4) is 0 Å². The molecule has 1 aliphatic rings. The van der Waals surface area contributed by atoms with Crippen molar-refractivity contribution < 1.29 is 9.13 Å². The number of ether oxygens (including phenoxy) is 1. The van der Waals surface area contributed by atoms with E-state index < -0.39 is 0 Å². The third-order valence-corrected chi connectivity index (χ3v) is 2.67. The van der Waals surface area contributed by atoms with Crippen molar-refractivity contribution >= 4 is 0 Å². The Hall–Kier alpha value is -1.16. The first-order valence-electron chi connectivity index (χ1n) is 5.29. The summed E-state index contributed by atoms with van der Waals surface area (Å²) in [4.78, 5) is 3.67. The maximum atomic E-state index is 13.1. The summed E-state index contributed by atoms with van der Waals surface area (Å²) >= 11 is 0. The molecule has 0 bridgehead atoms. The Balaban J connectivity index is 1.84. The molecule has 0 radical (unpaired) electrons. The third-order valence-electron chi connectivity index (χ3n) is 2.67. The van der Waals surface area contributed by atoms with E-state index in [1.165, 1.54) is 6.20 Å². The second-order valence-electron chi connectivity index (χ2n) is 3.81. The van der Waals surface area contributed by atoms with Crippen molar-refractivity contribution in [2.45, 2.75) is 12.8 Å². The molecule has 2 heterocycles. The number of rotatable bonds is 3. The molecule has 0 aliphatic carbocycles. The van der Waals surface area contributed by atoms with Crippen molar-refractivity contribution in [2.75, 3.05) is 19.7 Å². The van der Waals surface area contributed by atoms with E-state index >= 15 is 0 Å². The summed E-state index contributed by atoms with van der Waals surface area (Å²) in [5, 5.41) is 3.28. The van der Waals surface area contributed by atoms with Crippen LogP contribution in [0.25, 0.3) is 0 Å².